The second-order valence-electron chi connectivity index (χ2n) is 7.66. The average Bonchev–Trinajstić information content (AvgIpc) is 2.88. The van der Waals surface area contributed by atoms with Gasteiger partial charge in [0.05, 0.1) is 38.4 Å². The van der Waals surface area contributed by atoms with Crippen molar-refractivity contribution in [3.63, 3.8) is 0 Å². The minimum absolute atomic E-state index is 0.0200. The zero-order chi connectivity index (χ0) is 24.6. The number of methoxy groups -OCH3 is 2. The Morgan fingerprint density at radius 1 is 1.15 bits per heavy atom. The third-order valence-corrected chi connectivity index (χ3v) is 6.98. The van der Waals surface area contributed by atoms with E-state index in [1.54, 1.807) is 26.4 Å². The van der Waals surface area contributed by atoms with Gasteiger partial charge in [-0.15, -0.1) is 6.58 Å². The molecule has 2 N–H and O–H groups in total. The number of nitrogens with zero attached hydrogens (tertiary/aromatic N) is 1. The number of rotatable bonds is 11. The molecule has 2 aromatic carbocycles. The quantitative estimate of drug-likeness (QED) is 0.465. The van der Waals surface area contributed by atoms with E-state index in [2.05, 4.69) is 21.5 Å². The van der Waals surface area contributed by atoms with Crippen LogP contribution in [-0.4, -0.2) is 72.8 Å². The first-order valence-electron chi connectivity index (χ1n) is 10.9. The molecule has 0 spiro atoms. The highest BCUT2D eigenvalue weighted by atomic mass is 32.2. The van der Waals surface area contributed by atoms with Crippen molar-refractivity contribution >= 4 is 15.9 Å². The van der Waals surface area contributed by atoms with E-state index >= 15 is 0 Å². The first-order chi connectivity index (χ1) is 16.4. The summed E-state index contributed by atoms with van der Waals surface area (Å²) in [7, 11) is -0.570. The van der Waals surface area contributed by atoms with Gasteiger partial charge in [-0.3, -0.25) is 9.69 Å². The minimum Gasteiger partial charge on any atom is -0.493 e. The first-order valence-corrected chi connectivity index (χ1v) is 12.4. The van der Waals surface area contributed by atoms with Crippen LogP contribution in [0.15, 0.2) is 60.0 Å². The van der Waals surface area contributed by atoms with Crippen LogP contribution in [0.3, 0.4) is 0 Å². The van der Waals surface area contributed by atoms with Crippen molar-refractivity contribution in [1.82, 2.24) is 14.9 Å². The zero-order valence-corrected chi connectivity index (χ0v) is 20.3. The summed E-state index contributed by atoms with van der Waals surface area (Å²) < 4.78 is 43.5. The van der Waals surface area contributed by atoms with Crippen LogP contribution >= 0.6 is 0 Å². The smallest absolute Gasteiger partial charge is 0.251 e. The third kappa shape index (κ3) is 6.35. The normalized spacial score (nSPS) is 15.4. The SMILES string of the molecule is C=CCNS(=O)(=O)c1cccc(C(=O)NCC(c2ccc(OC)c(OC)c2)N2CCOCC2)c1. The van der Waals surface area contributed by atoms with Crippen molar-refractivity contribution in [2.24, 2.45) is 0 Å². The molecular formula is C24H31N3O6S. The highest BCUT2D eigenvalue weighted by Crippen LogP contribution is 2.32. The van der Waals surface area contributed by atoms with Crippen molar-refractivity contribution in [2.45, 2.75) is 10.9 Å². The summed E-state index contributed by atoms with van der Waals surface area (Å²) in [5.41, 5.74) is 1.22. The number of sulfonamides is 1. The second-order valence-corrected chi connectivity index (χ2v) is 9.42. The predicted octanol–water partition coefficient (Wildman–Crippen LogP) is 1.97. The largest absolute Gasteiger partial charge is 0.493 e. The molecule has 1 amide bonds. The Morgan fingerprint density at radius 2 is 1.88 bits per heavy atom. The first kappa shape index (κ1) is 25.7. The summed E-state index contributed by atoms with van der Waals surface area (Å²) in [6.07, 6.45) is 1.45. The third-order valence-electron chi connectivity index (χ3n) is 5.56. The lowest BCUT2D eigenvalue weighted by Gasteiger charge is -2.35. The maximum absolute atomic E-state index is 12.9. The molecule has 9 nitrogen and oxygen atoms in total. The Balaban J connectivity index is 1.80. The molecule has 184 valence electrons. The molecule has 0 bridgehead atoms. The van der Waals surface area contributed by atoms with Gasteiger partial charge in [0.1, 0.15) is 0 Å². The topological polar surface area (TPSA) is 106 Å². The van der Waals surface area contributed by atoms with Crippen molar-refractivity contribution < 1.29 is 27.4 Å². The summed E-state index contributed by atoms with van der Waals surface area (Å²) in [5, 5.41) is 2.96. The Bertz CT molecular complexity index is 1100. The van der Waals surface area contributed by atoms with E-state index in [4.69, 9.17) is 14.2 Å². The molecule has 1 heterocycles. The molecule has 34 heavy (non-hydrogen) atoms. The van der Waals surface area contributed by atoms with Gasteiger partial charge in [-0.25, -0.2) is 13.1 Å². The standard InChI is InChI=1S/C24H31N3O6S/c1-4-10-26-34(29,30)20-7-5-6-19(15-20)24(28)25-17-21(27-11-13-33-14-12-27)18-8-9-22(31-2)23(16-18)32-3/h4-9,15-16,21,26H,1,10-14,17H2,2-3H3,(H,25,28). The molecule has 3 rings (SSSR count). The predicted molar refractivity (Wildman–Crippen MR) is 129 cm³/mol. The van der Waals surface area contributed by atoms with Crippen molar-refractivity contribution in [2.75, 3.05) is 53.6 Å². The number of benzene rings is 2. The van der Waals surface area contributed by atoms with Gasteiger partial charge >= 0.3 is 0 Å². The van der Waals surface area contributed by atoms with Crippen LogP contribution in [0.5, 0.6) is 11.5 Å². The Morgan fingerprint density at radius 3 is 2.56 bits per heavy atom. The van der Waals surface area contributed by atoms with Crippen LogP contribution in [0.4, 0.5) is 0 Å². The Hall–Kier alpha value is -2.92. The molecule has 10 heteroatoms. The van der Waals surface area contributed by atoms with Gasteiger partial charge in [-0.2, -0.15) is 0 Å². The van der Waals surface area contributed by atoms with Gasteiger partial charge in [0.2, 0.25) is 10.0 Å². The van der Waals surface area contributed by atoms with Crippen LogP contribution in [0.25, 0.3) is 0 Å². The van der Waals surface area contributed by atoms with E-state index in [9.17, 15) is 13.2 Å². The van der Waals surface area contributed by atoms with Crippen LogP contribution in [0.2, 0.25) is 0 Å². The summed E-state index contributed by atoms with van der Waals surface area (Å²) in [6.45, 7) is 6.58. The van der Waals surface area contributed by atoms with Crippen LogP contribution in [0, 0.1) is 0 Å². The van der Waals surface area contributed by atoms with Gasteiger partial charge in [0.25, 0.3) is 5.91 Å². The zero-order valence-electron chi connectivity index (χ0n) is 19.5. The van der Waals surface area contributed by atoms with E-state index in [0.29, 0.717) is 31.3 Å². The molecule has 1 aliphatic heterocycles. The number of morpholine rings is 1. The number of nitrogens with one attached hydrogen (secondary N) is 2. The average molecular weight is 490 g/mol. The van der Waals surface area contributed by atoms with Gasteiger partial charge in [-0.1, -0.05) is 18.2 Å². The van der Waals surface area contributed by atoms with E-state index in [1.165, 1.54) is 18.2 Å². The number of carbonyl (C=O) groups is 1. The number of amides is 1. The molecule has 1 saturated heterocycles. The molecule has 1 fully saturated rings. The van der Waals surface area contributed by atoms with Crippen molar-refractivity contribution in [1.29, 1.82) is 0 Å². The Labute approximate surface area is 200 Å². The lowest BCUT2D eigenvalue weighted by atomic mass is 10.0. The maximum Gasteiger partial charge on any atom is 0.251 e. The molecule has 2 aromatic rings. The summed E-state index contributed by atoms with van der Waals surface area (Å²) in [6, 6.07) is 11.5. The molecule has 1 unspecified atom stereocenters. The van der Waals surface area contributed by atoms with E-state index in [1.807, 2.05) is 18.2 Å². The van der Waals surface area contributed by atoms with Crippen LogP contribution in [0.1, 0.15) is 22.0 Å². The maximum atomic E-state index is 12.9. The van der Waals surface area contributed by atoms with Gasteiger partial charge in [0, 0.05) is 31.7 Å². The summed E-state index contributed by atoms with van der Waals surface area (Å²) >= 11 is 0. The van der Waals surface area contributed by atoms with Gasteiger partial charge < -0.3 is 19.5 Å². The molecule has 0 radical (unpaired) electrons. The summed E-state index contributed by atoms with van der Waals surface area (Å²) in [5.74, 6) is 0.869. The fourth-order valence-electron chi connectivity index (χ4n) is 3.75. The van der Waals surface area contributed by atoms with Crippen molar-refractivity contribution in [3.05, 3.63) is 66.2 Å². The lowest BCUT2D eigenvalue weighted by molar-refractivity contribution is 0.0162. The lowest BCUT2D eigenvalue weighted by Crippen LogP contribution is -2.43. The molecule has 1 atom stereocenters. The van der Waals surface area contributed by atoms with Crippen LogP contribution < -0.4 is 19.5 Å². The number of hydrogen-bond acceptors (Lipinski definition) is 7. The van der Waals surface area contributed by atoms with Gasteiger partial charge in [0.15, 0.2) is 11.5 Å². The van der Waals surface area contributed by atoms with E-state index < -0.39 is 10.0 Å². The van der Waals surface area contributed by atoms with Crippen LogP contribution in [-0.2, 0) is 14.8 Å². The van der Waals surface area contributed by atoms with E-state index in [-0.39, 0.29) is 29.0 Å². The molecule has 1 aliphatic rings. The fourth-order valence-corrected chi connectivity index (χ4v) is 4.80. The number of hydrogen-bond donors (Lipinski definition) is 2. The minimum atomic E-state index is -3.73. The van der Waals surface area contributed by atoms with Crippen molar-refractivity contribution in [3.8, 4) is 11.5 Å². The highest BCUT2D eigenvalue weighted by molar-refractivity contribution is 7.89. The van der Waals surface area contributed by atoms with Gasteiger partial charge in [-0.05, 0) is 35.9 Å². The monoisotopic (exact) mass is 489 g/mol. The Kier molecular flexibility index (Phi) is 9.05. The summed E-state index contributed by atoms with van der Waals surface area (Å²) in [4.78, 5) is 15.2. The molecule has 0 aromatic heterocycles. The number of ether oxygens (including phenoxy) is 3. The van der Waals surface area contributed by atoms with E-state index in [0.717, 1.165) is 18.7 Å². The number of carbonyl (C=O) groups excluding carboxylic acids is 1. The molecular weight excluding hydrogens is 458 g/mol. The second kappa shape index (κ2) is 12.0. The highest BCUT2D eigenvalue weighted by Gasteiger charge is 2.25. The molecule has 0 saturated carbocycles. The fraction of sp³-hybridized carbons (Fsp3) is 0.375. The molecule has 0 aliphatic carbocycles.